The average molecular weight is 405 g/mol. The van der Waals surface area contributed by atoms with Crippen LogP contribution in [0.5, 0.6) is 5.75 Å². The van der Waals surface area contributed by atoms with Gasteiger partial charge < -0.3 is 4.74 Å². The molecule has 0 amide bonds. The molecule has 0 saturated carbocycles. The van der Waals surface area contributed by atoms with Gasteiger partial charge in [-0.2, -0.15) is 0 Å². The van der Waals surface area contributed by atoms with Crippen molar-refractivity contribution >= 4 is 15.7 Å². The summed E-state index contributed by atoms with van der Waals surface area (Å²) >= 11 is 0. The van der Waals surface area contributed by atoms with Gasteiger partial charge in [-0.25, -0.2) is 8.42 Å². The van der Waals surface area contributed by atoms with Gasteiger partial charge in [0.05, 0.1) is 6.26 Å². The van der Waals surface area contributed by atoms with E-state index in [2.05, 4.69) is 48.6 Å². The maximum atomic E-state index is 11.3. The molecule has 0 bridgehead atoms. The van der Waals surface area contributed by atoms with Gasteiger partial charge in [0, 0.05) is 18.8 Å². The minimum absolute atomic E-state index is 0.596. The number of rotatable bonds is 11. The summed E-state index contributed by atoms with van der Waals surface area (Å²) in [4.78, 5) is 2.41. The van der Waals surface area contributed by atoms with E-state index in [9.17, 15) is 8.42 Å². The molecule has 0 unspecified atom stereocenters. The van der Waals surface area contributed by atoms with Crippen LogP contribution in [0.15, 0.2) is 42.5 Å². The topological polar surface area (TPSA) is 58.6 Å². The Hall–Kier alpha value is -2.05. The second-order valence-electron chi connectivity index (χ2n) is 7.23. The van der Waals surface area contributed by atoms with Crippen molar-refractivity contribution in [1.29, 1.82) is 0 Å². The van der Waals surface area contributed by atoms with Crippen LogP contribution in [0.3, 0.4) is 0 Å². The normalized spacial score (nSPS) is 11.6. The fraction of sp³-hybridized carbons (Fsp3) is 0.455. The molecular formula is C22H32N2O3S. The van der Waals surface area contributed by atoms with Gasteiger partial charge in [-0.3, -0.25) is 9.62 Å². The van der Waals surface area contributed by atoms with Crippen LogP contribution in [-0.4, -0.2) is 45.8 Å². The Morgan fingerprint density at radius 1 is 0.964 bits per heavy atom. The summed E-state index contributed by atoms with van der Waals surface area (Å²) in [5, 5.41) is 0. The van der Waals surface area contributed by atoms with Crippen LogP contribution in [0.25, 0.3) is 0 Å². The van der Waals surface area contributed by atoms with Gasteiger partial charge in [-0.15, -0.1) is 0 Å². The number of hydrogen-bond acceptors (Lipinski definition) is 4. The largest absolute Gasteiger partial charge is 0.492 e. The van der Waals surface area contributed by atoms with E-state index in [4.69, 9.17) is 4.74 Å². The molecular weight excluding hydrogens is 372 g/mol. The average Bonchev–Trinajstić information content (AvgIpc) is 2.62. The lowest BCUT2D eigenvalue weighted by atomic mass is 10.1. The Morgan fingerprint density at radius 3 is 2.18 bits per heavy atom. The minimum atomic E-state index is -3.23. The molecule has 0 spiro atoms. The highest BCUT2D eigenvalue weighted by atomic mass is 32.2. The third-order valence-electron chi connectivity index (χ3n) is 4.58. The summed E-state index contributed by atoms with van der Waals surface area (Å²) in [5.41, 5.74) is 4.13. The fourth-order valence-electron chi connectivity index (χ4n) is 3.20. The number of aryl methyl sites for hydroxylation is 2. The summed E-state index contributed by atoms with van der Waals surface area (Å²) in [5.74, 6) is 0.993. The number of para-hydroxylation sites is 1. The summed E-state index contributed by atoms with van der Waals surface area (Å²) < 4.78 is 31.1. The zero-order valence-electron chi connectivity index (χ0n) is 17.4. The molecule has 2 aromatic carbocycles. The monoisotopic (exact) mass is 404 g/mol. The fourth-order valence-corrected chi connectivity index (χ4v) is 3.76. The molecule has 0 aliphatic carbocycles. The van der Waals surface area contributed by atoms with Gasteiger partial charge >= 0.3 is 0 Å². The van der Waals surface area contributed by atoms with Crippen molar-refractivity contribution in [3.63, 3.8) is 0 Å². The molecule has 0 radical (unpaired) electrons. The van der Waals surface area contributed by atoms with Crippen molar-refractivity contribution in [3.05, 3.63) is 59.2 Å². The number of hydrogen-bond donors (Lipinski definition) is 1. The summed E-state index contributed by atoms with van der Waals surface area (Å²) in [6.07, 6.45) is 3.17. The van der Waals surface area contributed by atoms with Crippen molar-refractivity contribution in [2.45, 2.75) is 33.6 Å². The van der Waals surface area contributed by atoms with Crippen LogP contribution in [-0.2, 0) is 16.4 Å². The smallest absolute Gasteiger partial charge is 0.229 e. The molecule has 0 aromatic heterocycles. The SMILES string of the molecule is CCCN(CCOc1c(C)cccc1C)CCc1ccc(NS(C)(=O)=O)cc1. The molecule has 0 aliphatic rings. The zero-order valence-corrected chi connectivity index (χ0v) is 18.2. The molecule has 28 heavy (non-hydrogen) atoms. The molecule has 0 atom stereocenters. The Labute approximate surface area is 169 Å². The highest BCUT2D eigenvalue weighted by Crippen LogP contribution is 2.22. The summed E-state index contributed by atoms with van der Waals surface area (Å²) in [6.45, 7) is 9.87. The second-order valence-corrected chi connectivity index (χ2v) is 8.98. The number of nitrogens with one attached hydrogen (secondary N) is 1. The third-order valence-corrected chi connectivity index (χ3v) is 5.18. The first-order valence-corrected chi connectivity index (χ1v) is 11.7. The Balaban J connectivity index is 1.85. The maximum absolute atomic E-state index is 11.3. The molecule has 1 N–H and O–H groups in total. The molecule has 6 heteroatoms. The molecule has 0 saturated heterocycles. The first-order valence-electron chi connectivity index (χ1n) is 9.76. The van der Waals surface area contributed by atoms with Crippen molar-refractivity contribution < 1.29 is 13.2 Å². The second kappa shape index (κ2) is 10.5. The van der Waals surface area contributed by atoms with Crippen LogP contribution in [0.4, 0.5) is 5.69 Å². The van der Waals surface area contributed by atoms with Gasteiger partial charge in [-0.05, 0) is 62.1 Å². The Kier molecular flexibility index (Phi) is 8.33. The Morgan fingerprint density at radius 2 is 1.61 bits per heavy atom. The number of ether oxygens (including phenoxy) is 1. The van der Waals surface area contributed by atoms with Crippen LogP contribution < -0.4 is 9.46 Å². The third kappa shape index (κ3) is 7.52. The quantitative estimate of drug-likeness (QED) is 0.615. The van der Waals surface area contributed by atoms with E-state index in [0.29, 0.717) is 12.3 Å². The zero-order chi connectivity index (χ0) is 20.6. The maximum Gasteiger partial charge on any atom is 0.229 e. The first-order chi connectivity index (χ1) is 13.3. The summed E-state index contributed by atoms with van der Waals surface area (Å²) in [6, 6.07) is 13.8. The lowest BCUT2D eigenvalue weighted by Crippen LogP contribution is -2.31. The van der Waals surface area contributed by atoms with E-state index in [0.717, 1.165) is 44.5 Å². The van der Waals surface area contributed by atoms with E-state index in [1.807, 2.05) is 24.3 Å². The number of nitrogens with zero attached hydrogens (tertiary/aromatic N) is 1. The van der Waals surface area contributed by atoms with E-state index < -0.39 is 10.0 Å². The van der Waals surface area contributed by atoms with Gasteiger partial charge in [0.15, 0.2) is 0 Å². The van der Waals surface area contributed by atoms with Gasteiger partial charge in [-0.1, -0.05) is 37.3 Å². The van der Waals surface area contributed by atoms with Crippen molar-refractivity contribution in [1.82, 2.24) is 4.90 Å². The van der Waals surface area contributed by atoms with Crippen LogP contribution in [0, 0.1) is 13.8 Å². The predicted molar refractivity (Wildman–Crippen MR) is 117 cm³/mol. The molecule has 154 valence electrons. The highest BCUT2D eigenvalue weighted by Gasteiger charge is 2.08. The van der Waals surface area contributed by atoms with Crippen LogP contribution in [0.2, 0.25) is 0 Å². The predicted octanol–water partition coefficient (Wildman–Crippen LogP) is 4.01. The van der Waals surface area contributed by atoms with Crippen LogP contribution in [0.1, 0.15) is 30.0 Å². The van der Waals surface area contributed by atoms with E-state index in [-0.39, 0.29) is 0 Å². The highest BCUT2D eigenvalue weighted by molar-refractivity contribution is 7.92. The molecule has 0 fully saturated rings. The van der Waals surface area contributed by atoms with E-state index >= 15 is 0 Å². The number of sulfonamides is 1. The van der Waals surface area contributed by atoms with Crippen molar-refractivity contribution in [3.8, 4) is 5.75 Å². The Bertz CT molecular complexity index is 828. The standard InChI is InChI=1S/C22H32N2O3S/c1-5-14-24(16-17-27-22-18(2)7-6-8-19(22)3)15-13-20-9-11-21(12-10-20)23-28(4,25)26/h6-12,23H,5,13-17H2,1-4H3. The lowest BCUT2D eigenvalue weighted by molar-refractivity contribution is 0.209. The molecule has 0 heterocycles. The van der Waals surface area contributed by atoms with E-state index in [1.165, 1.54) is 16.7 Å². The molecule has 5 nitrogen and oxygen atoms in total. The van der Waals surface area contributed by atoms with Gasteiger partial charge in [0.25, 0.3) is 0 Å². The van der Waals surface area contributed by atoms with Crippen LogP contribution >= 0.6 is 0 Å². The van der Waals surface area contributed by atoms with E-state index in [1.54, 1.807) is 0 Å². The molecule has 2 aromatic rings. The van der Waals surface area contributed by atoms with Crippen molar-refractivity contribution in [2.75, 3.05) is 37.2 Å². The molecule has 2 rings (SSSR count). The number of benzene rings is 2. The summed E-state index contributed by atoms with van der Waals surface area (Å²) in [7, 11) is -3.23. The van der Waals surface area contributed by atoms with Gasteiger partial charge in [0.1, 0.15) is 12.4 Å². The van der Waals surface area contributed by atoms with Gasteiger partial charge in [0.2, 0.25) is 10.0 Å². The van der Waals surface area contributed by atoms with Crippen molar-refractivity contribution in [2.24, 2.45) is 0 Å². The molecule has 0 aliphatic heterocycles. The lowest BCUT2D eigenvalue weighted by Gasteiger charge is -2.22. The minimum Gasteiger partial charge on any atom is -0.492 e. The number of anilines is 1. The first kappa shape index (κ1) is 22.2.